The van der Waals surface area contributed by atoms with Crippen molar-refractivity contribution >= 4 is 42.3 Å². The third-order valence-electron chi connectivity index (χ3n) is 5.26. The largest absolute Gasteiger partial charge is 0.490 e. The molecule has 8 nitrogen and oxygen atoms in total. The zero-order valence-corrected chi connectivity index (χ0v) is 22.0. The molecule has 3 aromatic rings. The van der Waals surface area contributed by atoms with Crippen molar-refractivity contribution in [1.82, 2.24) is 24.6 Å². The topological polar surface area (TPSA) is 97.8 Å². The van der Waals surface area contributed by atoms with Gasteiger partial charge in [-0.15, -0.1) is 0 Å². The molecular weight excluding hydrogens is 479 g/mol. The Morgan fingerprint density at radius 1 is 1.35 bits per heavy atom. The Morgan fingerprint density at radius 2 is 2.03 bits per heavy atom. The van der Waals surface area contributed by atoms with Crippen molar-refractivity contribution in [2.75, 3.05) is 32.9 Å². The molecule has 0 aliphatic rings. The monoisotopic (exact) mass is 510 g/mol. The molecule has 3 rings (SSSR count). The number of nitrogens with one attached hydrogen (secondary N) is 1. The summed E-state index contributed by atoms with van der Waals surface area (Å²) < 4.78 is 23.0. The van der Waals surface area contributed by atoms with Gasteiger partial charge in [0.2, 0.25) is 0 Å². The Kier molecular flexibility index (Phi) is 9.15. The van der Waals surface area contributed by atoms with Gasteiger partial charge in [-0.2, -0.15) is 13.5 Å². The van der Waals surface area contributed by atoms with E-state index in [2.05, 4.69) is 15.3 Å². The zero-order chi connectivity index (χ0) is 24.4. The highest BCUT2D eigenvalue weighted by Gasteiger charge is 2.29. The van der Waals surface area contributed by atoms with Crippen LogP contribution in [0.2, 0.25) is 5.02 Å². The van der Waals surface area contributed by atoms with E-state index in [0.717, 1.165) is 0 Å². The van der Waals surface area contributed by atoms with Crippen LogP contribution in [0.15, 0.2) is 18.5 Å². The highest BCUT2D eigenvalue weighted by Crippen LogP contribution is 2.39. The van der Waals surface area contributed by atoms with Crippen molar-refractivity contribution in [3.05, 3.63) is 51.9 Å². The van der Waals surface area contributed by atoms with Crippen molar-refractivity contribution in [3.63, 3.8) is 0 Å². The van der Waals surface area contributed by atoms with Crippen LogP contribution in [0.5, 0.6) is 5.75 Å². The van der Waals surface area contributed by atoms with Crippen LogP contribution < -0.4 is 15.8 Å². The van der Waals surface area contributed by atoms with Gasteiger partial charge in [0.05, 0.1) is 16.8 Å². The summed E-state index contributed by atoms with van der Waals surface area (Å²) in [5, 5.41) is 2.59. The predicted octanol–water partition coefficient (Wildman–Crippen LogP) is 3.76. The molecule has 2 heterocycles. The molecule has 0 bridgehead atoms. The molecule has 1 amide bonds. The van der Waals surface area contributed by atoms with Gasteiger partial charge in [-0.1, -0.05) is 18.5 Å². The maximum absolute atomic E-state index is 15.2. The standard InChI is InChI=1S/C23H30ClFN6O2.H2S/c1-12(2)33-20-15(11-16(24)18(25)17(20)23(32)28-7-9-30(5)6)13(3)22-29-14(4)19-21(26)27-8-10-31(19)22;/h8,10-13H,7,9H2,1-6H3,(H2,26,27)(H,28,32);1H2/t13-;/m0./s1. The van der Waals surface area contributed by atoms with Crippen LogP contribution in [0.3, 0.4) is 0 Å². The van der Waals surface area contributed by atoms with E-state index in [-0.39, 0.29) is 35.9 Å². The Balaban J connectivity index is 0.00000408. The predicted molar refractivity (Wildman–Crippen MR) is 138 cm³/mol. The summed E-state index contributed by atoms with van der Waals surface area (Å²) in [5.41, 5.74) is 7.80. The first-order valence-electron chi connectivity index (χ1n) is 10.7. The lowest BCUT2D eigenvalue weighted by Gasteiger charge is -2.22. The van der Waals surface area contributed by atoms with Crippen molar-refractivity contribution < 1.29 is 13.9 Å². The number of anilines is 1. The Labute approximate surface area is 211 Å². The summed E-state index contributed by atoms with van der Waals surface area (Å²) in [5.74, 6) is -0.641. The minimum atomic E-state index is -0.816. The van der Waals surface area contributed by atoms with Crippen LogP contribution in [-0.4, -0.2) is 58.5 Å². The zero-order valence-electron chi connectivity index (χ0n) is 20.2. The molecule has 0 aliphatic heterocycles. The number of carbonyl (C=O) groups is 1. The van der Waals surface area contributed by atoms with Gasteiger partial charge in [-0.3, -0.25) is 9.20 Å². The summed E-state index contributed by atoms with van der Waals surface area (Å²) in [6, 6.07) is 1.50. The summed E-state index contributed by atoms with van der Waals surface area (Å²) >= 11 is 6.26. The van der Waals surface area contributed by atoms with Gasteiger partial charge < -0.3 is 20.7 Å². The number of imidazole rings is 1. The molecule has 3 N–H and O–H groups in total. The van der Waals surface area contributed by atoms with Crippen LogP contribution >= 0.6 is 25.1 Å². The van der Waals surface area contributed by atoms with Gasteiger partial charge >= 0.3 is 0 Å². The molecular formula is C23H32ClFN6O2S. The Morgan fingerprint density at radius 3 is 2.65 bits per heavy atom. The van der Waals surface area contributed by atoms with Gasteiger partial charge in [0.25, 0.3) is 5.91 Å². The highest BCUT2D eigenvalue weighted by atomic mass is 35.5. The van der Waals surface area contributed by atoms with Crippen molar-refractivity contribution in [2.45, 2.75) is 39.7 Å². The fourth-order valence-electron chi connectivity index (χ4n) is 3.71. The van der Waals surface area contributed by atoms with Crippen LogP contribution in [0, 0.1) is 12.7 Å². The minimum absolute atomic E-state index is 0. The van der Waals surface area contributed by atoms with Gasteiger partial charge in [0.1, 0.15) is 28.5 Å². The molecule has 2 aromatic heterocycles. The number of carbonyl (C=O) groups excluding carboxylic acids is 1. The second-order valence-electron chi connectivity index (χ2n) is 8.50. The molecule has 1 aromatic carbocycles. The van der Waals surface area contributed by atoms with E-state index in [1.807, 2.05) is 51.1 Å². The number of fused-ring (bicyclic) bond motifs is 1. The third-order valence-corrected chi connectivity index (χ3v) is 5.54. The van der Waals surface area contributed by atoms with Crippen molar-refractivity contribution in [3.8, 4) is 5.75 Å². The highest BCUT2D eigenvalue weighted by molar-refractivity contribution is 7.59. The maximum Gasteiger partial charge on any atom is 0.258 e. The van der Waals surface area contributed by atoms with Gasteiger partial charge in [0, 0.05) is 37.0 Å². The molecule has 11 heteroatoms. The summed E-state index contributed by atoms with van der Waals surface area (Å²) in [4.78, 5) is 23.8. The summed E-state index contributed by atoms with van der Waals surface area (Å²) in [6.07, 6.45) is 3.05. The third kappa shape index (κ3) is 5.56. The van der Waals surface area contributed by atoms with Crippen LogP contribution in [0.1, 0.15) is 54.1 Å². The molecule has 0 radical (unpaired) electrons. The van der Waals surface area contributed by atoms with E-state index in [0.29, 0.717) is 41.5 Å². The van der Waals surface area contributed by atoms with E-state index in [1.54, 1.807) is 12.4 Å². The molecule has 0 spiro atoms. The molecule has 0 unspecified atom stereocenters. The number of nitrogen functional groups attached to an aromatic ring is 1. The minimum Gasteiger partial charge on any atom is -0.490 e. The van der Waals surface area contributed by atoms with Crippen molar-refractivity contribution in [2.24, 2.45) is 0 Å². The lowest BCUT2D eigenvalue weighted by Crippen LogP contribution is -2.32. The van der Waals surface area contributed by atoms with Gasteiger partial charge in [0.15, 0.2) is 5.82 Å². The number of amides is 1. The number of aryl methyl sites for hydroxylation is 1. The number of nitrogens with two attached hydrogens (primary N) is 1. The van der Waals surface area contributed by atoms with Crippen LogP contribution in [0.4, 0.5) is 10.2 Å². The number of benzene rings is 1. The molecule has 0 aliphatic carbocycles. The van der Waals surface area contributed by atoms with E-state index in [4.69, 9.17) is 22.1 Å². The first kappa shape index (κ1) is 27.7. The molecule has 1 atom stereocenters. The molecule has 0 fully saturated rings. The smallest absolute Gasteiger partial charge is 0.258 e. The number of nitrogens with zero attached hydrogens (tertiary/aromatic N) is 4. The number of ether oxygens (including phenoxy) is 1. The van der Waals surface area contributed by atoms with Crippen LogP contribution in [-0.2, 0) is 0 Å². The SMILES string of the molecule is Cc1nc([C@@H](C)c2cc(Cl)c(F)c(C(=O)NCCN(C)C)c2OC(C)C)n2ccnc(N)c12.S. The van der Waals surface area contributed by atoms with E-state index >= 15 is 4.39 Å². The second-order valence-corrected chi connectivity index (χ2v) is 8.91. The molecule has 0 saturated heterocycles. The summed E-state index contributed by atoms with van der Waals surface area (Å²) in [6.45, 7) is 8.32. The number of aromatic nitrogens is 3. The average molecular weight is 511 g/mol. The lowest BCUT2D eigenvalue weighted by molar-refractivity contribution is 0.0940. The first-order valence-corrected chi connectivity index (χ1v) is 11.1. The second kappa shape index (κ2) is 11.2. The number of likely N-dealkylation sites (N-methyl/N-ethyl adjacent to an activating group) is 1. The Bertz CT molecular complexity index is 1180. The number of rotatable bonds is 8. The fourth-order valence-corrected chi connectivity index (χ4v) is 3.92. The van der Waals surface area contributed by atoms with Crippen LogP contribution in [0.25, 0.3) is 5.52 Å². The van der Waals surface area contributed by atoms with Gasteiger partial charge in [-0.25, -0.2) is 14.4 Å². The fraction of sp³-hybridized carbons (Fsp3) is 0.435. The molecule has 186 valence electrons. The van der Waals surface area contributed by atoms with Gasteiger partial charge in [-0.05, 0) is 40.9 Å². The van der Waals surface area contributed by atoms with E-state index in [9.17, 15) is 4.79 Å². The summed E-state index contributed by atoms with van der Waals surface area (Å²) in [7, 11) is 3.77. The van der Waals surface area contributed by atoms with E-state index < -0.39 is 17.6 Å². The first-order chi connectivity index (χ1) is 15.5. The number of hydrogen-bond acceptors (Lipinski definition) is 6. The molecule has 0 saturated carbocycles. The van der Waals surface area contributed by atoms with Crippen molar-refractivity contribution in [1.29, 1.82) is 0 Å². The molecule has 34 heavy (non-hydrogen) atoms. The normalized spacial score (nSPS) is 12.2. The lowest BCUT2D eigenvalue weighted by atomic mass is 9.95. The maximum atomic E-state index is 15.2. The Hall–Kier alpha value is -2.56. The average Bonchev–Trinajstić information content (AvgIpc) is 3.07. The quantitative estimate of drug-likeness (QED) is 0.479. The van der Waals surface area contributed by atoms with E-state index in [1.165, 1.54) is 6.07 Å². The number of halogens is 2. The number of hydrogen-bond donors (Lipinski definition) is 2.